The van der Waals surface area contributed by atoms with Crippen LogP contribution in [0, 0.1) is 0 Å². The van der Waals surface area contributed by atoms with E-state index in [0.717, 1.165) is 27.7 Å². The summed E-state index contributed by atoms with van der Waals surface area (Å²) in [5.74, 6) is -0.638. The van der Waals surface area contributed by atoms with Gasteiger partial charge in [0.15, 0.2) is 5.78 Å². The van der Waals surface area contributed by atoms with Crippen molar-refractivity contribution in [2.24, 2.45) is 0 Å². The molecular weight excluding hydrogens is 386 g/mol. The van der Waals surface area contributed by atoms with Crippen LogP contribution in [0.25, 0.3) is 22.7 Å². The molecule has 0 aliphatic heterocycles. The summed E-state index contributed by atoms with van der Waals surface area (Å²) in [5.41, 5.74) is 4.38. The maximum absolute atomic E-state index is 13.5. The molecular formula is C27H23NO3. The third kappa shape index (κ3) is 4.19. The number of nitrogens with zero attached hydrogens (tertiary/aromatic N) is 1. The lowest BCUT2D eigenvalue weighted by Crippen LogP contribution is -2.09. The van der Waals surface area contributed by atoms with Gasteiger partial charge in [-0.2, -0.15) is 0 Å². The van der Waals surface area contributed by atoms with E-state index >= 15 is 0 Å². The van der Waals surface area contributed by atoms with Gasteiger partial charge in [0.25, 0.3) is 0 Å². The Hall–Kier alpha value is -3.92. The molecule has 0 bridgehead atoms. The van der Waals surface area contributed by atoms with Gasteiger partial charge in [-0.25, -0.2) is 4.79 Å². The Morgan fingerprint density at radius 2 is 1.61 bits per heavy atom. The van der Waals surface area contributed by atoms with Crippen LogP contribution in [0.5, 0.6) is 0 Å². The number of esters is 1. The van der Waals surface area contributed by atoms with Crippen LogP contribution in [-0.4, -0.2) is 23.4 Å². The summed E-state index contributed by atoms with van der Waals surface area (Å²) >= 11 is 0. The lowest BCUT2D eigenvalue weighted by atomic mass is 9.92. The van der Waals surface area contributed by atoms with Crippen LogP contribution in [0.2, 0.25) is 0 Å². The van der Waals surface area contributed by atoms with Crippen LogP contribution < -0.4 is 0 Å². The van der Waals surface area contributed by atoms with E-state index in [0.29, 0.717) is 5.56 Å². The van der Waals surface area contributed by atoms with Crippen LogP contribution in [0.15, 0.2) is 91.1 Å². The summed E-state index contributed by atoms with van der Waals surface area (Å²) in [6.07, 6.45) is 4.99. The SMILES string of the molecule is COC(=O)/C=C/c1ccc2c(c1)c(C(=O)C(C)c1ccccc1)cn2-c1ccccc1. The summed E-state index contributed by atoms with van der Waals surface area (Å²) in [7, 11) is 1.34. The first-order valence-electron chi connectivity index (χ1n) is 10.1. The largest absolute Gasteiger partial charge is 0.466 e. The normalized spacial score (nSPS) is 12.2. The Labute approximate surface area is 181 Å². The van der Waals surface area contributed by atoms with Crippen molar-refractivity contribution in [1.29, 1.82) is 0 Å². The van der Waals surface area contributed by atoms with Crippen LogP contribution in [0.4, 0.5) is 0 Å². The van der Waals surface area contributed by atoms with E-state index in [9.17, 15) is 9.59 Å². The molecule has 4 nitrogen and oxygen atoms in total. The average molecular weight is 409 g/mol. The second kappa shape index (κ2) is 8.84. The highest BCUT2D eigenvalue weighted by atomic mass is 16.5. The van der Waals surface area contributed by atoms with E-state index in [4.69, 9.17) is 0 Å². The number of methoxy groups -OCH3 is 1. The summed E-state index contributed by atoms with van der Waals surface area (Å²) in [6, 6.07) is 25.6. The third-order valence-corrected chi connectivity index (χ3v) is 5.43. The molecule has 4 heteroatoms. The first-order chi connectivity index (χ1) is 15.1. The van der Waals surface area contributed by atoms with Gasteiger partial charge in [0.05, 0.1) is 12.6 Å². The summed E-state index contributed by atoms with van der Waals surface area (Å²) < 4.78 is 6.72. The predicted octanol–water partition coefficient (Wildman–Crippen LogP) is 5.80. The van der Waals surface area contributed by atoms with Crippen LogP contribution in [0.1, 0.15) is 34.3 Å². The van der Waals surface area contributed by atoms with Crippen molar-refractivity contribution in [3.63, 3.8) is 0 Å². The van der Waals surface area contributed by atoms with Crippen molar-refractivity contribution < 1.29 is 14.3 Å². The molecule has 0 saturated heterocycles. The van der Waals surface area contributed by atoms with Gasteiger partial charge >= 0.3 is 5.97 Å². The van der Waals surface area contributed by atoms with Gasteiger partial charge < -0.3 is 9.30 Å². The molecule has 154 valence electrons. The van der Waals surface area contributed by atoms with Gasteiger partial charge in [-0.15, -0.1) is 0 Å². The number of para-hydroxylation sites is 1. The van der Waals surface area contributed by atoms with Gasteiger partial charge in [0.1, 0.15) is 0 Å². The van der Waals surface area contributed by atoms with E-state index in [1.165, 1.54) is 13.2 Å². The van der Waals surface area contributed by atoms with Crippen molar-refractivity contribution in [2.45, 2.75) is 12.8 Å². The van der Waals surface area contributed by atoms with Crippen molar-refractivity contribution in [2.75, 3.05) is 7.11 Å². The first-order valence-corrected chi connectivity index (χ1v) is 10.1. The van der Waals surface area contributed by atoms with Gasteiger partial charge in [0.2, 0.25) is 0 Å². The van der Waals surface area contributed by atoms with Gasteiger partial charge in [-0.3, -0.25) is 4.79 Å². The zero-order chi connectivity index (χ0) is 21.8. The zero-order valence-electron chi connectivity index (χ0n) is 17.5. The highest BCUT2D eigenvalue weighted by Crippen LogP contribution is 2.30. The second-order valence-corrected chi connectivity index (χ2v) is 7.38. The van der Waals surface area contributed by atoms with Gasteiger partial charge in [-0.05, 0) is 41.5 Å². The van der Waals surface area contributed by atoms with E-state index in [2.05, 4.69) is 4.74 Å². The number of ketones is 1. The molecule has 0 saturated carbocycles. The number of hydrogen-bond acceptors (Lipinski definition) is 3. The van der Waals surface area contributed by atoms with Crippen LogP contribution in [0.3, 0.4) is 0 Å². The number of rotatable bonds is 6. The van der Waals surface area contributed by atoms with E-state index in [-0.39, 0.29) is 11.7 Å². The van der Waals surface area contributed by atoms with Crippen molar-refractivity contribution in [3.05, 3.63) is 108 Å². The molecule has 0 radical (unpaired) electrons. The zero-order valence-corrected chi connectivity index (χ0v) is 17.5. The monoisotopic (exact) mass is 409 g/mol. The number of hydrogen-bond donors (Lipinski definition) is 0. The van der Waals surface area contributed by atoms with Crippen molar-refractivity contribution in [1.82, 2.24) is 4.57 Å². The van der Waals surface area contributed by atoms with E-state index < -0.39 is 5.97 Å². The fraction of sp³-hybridized carbons (Fsp3) is 0.111. The van der Waals surface area contributed by atoms with E-state index in [1.54, 1.807) is 6.08 Å². The molecule has 0 fully saturated rings. The Kier molecular flexibility index (Phi) is 5.80. The molecule has 1 atom stereocenters. The molecule has 3 aromatic carbocycles. The quantitative estimate of drug-likeness (QED) is 0.230. The minimum absolute atomic E-state index is 0.0555. The molecule has 4 aromatic rings. The molecule has 31 heavy (non-hydrogen) atoms. The molecule has 0 N–H and O–H groups in total. The Balaban J connectivity index is 1.85. The number of ether oxygens (including phenoxy) is 1. The minimum Gasteiger partial charge on any atom is -0.466 e. The maximum atomic E-state index is 13.5. The number of Topliss-reactive ketones (excluding diaryl/α,β-unsaturated/α-hetero) is 1. The number of carbonyl (C=O) groups is 2. The first kappa shape index (κ1) is 20.4. The molecule has 1 unspecified atom stereocenters. The number of benzene rings is 3. The second-order valence-electron chi connectivity index (χ2n) is 7.38. The topological polar surface area (TPSA) is 48.3 Å². The average Bonchev–Trinajstić information content (AvgIpc) is 3.21. The lowest BCUT2D eigenvalue weighted by Gasteiger charge is -2.10. The van der Waals surface area contributed by atoms with Gasteiger partial charge in [-0.1, -0.05) is 61.5 Å². The third-order valence-electron chi connectivity index (χ3n) is 5.43. The minimum atomic E-state index is -0.420. The molecule has 0 aliphatic rings. The molecule has 0 aliphatic carbocycles. The molecule has 1 heterocycles. The maximum Gasteiger partial charge on any atom is 0.330 e. The fourth-order valence-corrected chi connectivity index (χ4v) is 3.71. The number of carbonyl (C=O) groups excluding carboxylic acids is 2. The fourth-order valence-electron chi connectivity index (χ4n) is 3.71. The summed E-state index contributed by atoms with van der Waals surface area (Å²) in [4.78, 5) is 25.0. The Morgan fingerprint density at radius 3 is 2.29 bits per heavy atom. The summed E-state index contributed by atoms with van der Waals surface area (Å²) in [5, 5.41) is 0.851. The molecule has 1 aromatic heterocycles. The van der Waals surface area contributed by atoms with E-state index in [1.807, 2.05) is 96.6 Å². The Morgan fingerprint density at radius 1 is 0.935 bits per heavy atom. The molecule has 0 amide bonds. The standard InChI is InChI=1S/C27H23NO3/c1-19(21-9-5-3-6-10-21)27(30)24-18-28(22-11-7-4-8-12-22)25-15-13-20(17-23(24)25)14-16-26(29)31-2/h3-19H,1-2H3/b16-14+. The number of aromatic nitrogens is 1. The summed E-state index contributed by atoms with van der Waals surface area (Å²) in [6.45, 7) is 1.93. The van der Waals surface area contributed by atoms with Crippen molar-refractivity contribution in [3.8, 4) is 5.69 Å². The number of fused-ring (bicyclic) bond motifs is 1. The smallest absolute Gasteiger partial charge is 0.330 e. The molecule has 0 spiro atoms. The predicted molar refractivity (Wildman–Crippen MR) is 124 cm³/mol. The van der Waals surface area contributed by atoms with Crippen molar-refractivity contribution >= 4 is 28.7 Å². The lowest BCUT2D eigenvalue weighted by molar-refractivity contribution is -0.134. The highest BCUT2D eigenvalue weighted by Gasteiger charge is 2.22. The molecule has 4 rings (SSSR count). The van der Waals surface area contributed by atoms with Gasteiger partial charge in [0, 0.05) is 34.8 Å². The highest BCUT2D eigenvalue weighted by molar-refractivity contribution is 6.11. The van der Waals surface area contributed by atoms with Crippen LogP contribution >= 0.6 is 0 Å². The van der Waals surface area contributed by atoms with Crippen LogP contribution in [-0.2, 0) is 9.53 Å². The Bertz CT molecular complexity index is 1250.